The molecule has 184 valence electrons. The zero-order chi connectivity index (χ0) is 25.0. The maximum atomic E-state index is 12.8. The van der Waals surface area contributed by atoms with Gasteiger partial charge < -0.3 is 42.7 Å². The van der Waals surface area contributed by atoms with Gasteiger partial charge in [-0.05, 0) is 38.6 Å². The Kier molecular flexibility index (Phi) is 13.1. The molecular weight excluding hydrogens is 426 g/mol. The molecule has 0 spiro atoms. The first-order chi connectivity index (χ1) is 14.8. The Hall–Kier alpha value is -2.77. The summed E-state index contributed by atoms with van der Waals surface area (Å²) < 4.78 is 0. The van der Waals surface area contributed by atoms with Crippen LogP contribution in [-0.2, 0) is 24.0 Å². The molecule has 0 aromatic carbocycles. The monoisotopic (exact) mass is 461 g/mol. The van der Waals surface area contributed by atoms with E-state index in [1.54, 1.807) is 13.8 Å². The van der Waals surface area contributed by atoms with Gasteiger partial charge in [0.2, 0.25) is 17.7 Å². The van der Waals surface area contributed by atoms with E-state index < -0.39 is 66.4 Å². The number of aliphatic hydroxyl groups excluding tert-OH is 1. The molecule has 13 heteroatoms. The molecule has 0 aliphatic carbocycles. The molecule has 0 saturated heterocycles. The van der Waals surface area contributed by atoms with E-state index in [1.165, 1.54) is 6.92 Å². The number of nitrogens with one attached hydrogen (secondary N) is 3. The summed E-state index contributed by atoms with van der Waals surface area (Å²) in [7, 11) is 0. The van der Waals surface area contributed by atoms with Crippen LogP contribution in [0, 0.1) is 5.92 Å². The number of unbranched alkanes of at least 4 members (excludes halogenated alkanes) is 1. The molecule has 3 amide bonds. The molecule has 0 fully saturated rings. The van der Waals surface area contributed by atoms with Crippen LogP contribution >= 0.6 is 0 Å². The molecule has 5 atom stereocenters. The van der Waals surface area contributed by atoms with Gasteiger partial charge in [0.25, 0.3) is 0 Å². The van der Waals surface area contributed by atoms with Gasteiger partial charge in [0.15, 0.2) is 0 Å². The zero-order valence-electron chi connectivity index (χ0n) is 18.5. The van der Waals surface area contributed by atoms with Gasteiger partial charge in [0, 0.05) is 0 Å². The van der Waals surface area contributed by atoms with Crippen molar-refractivity contribution in [3.8, 4) is 0 Å². The first kappa shape index (κ1) is 29.2. The van der Waals surface area contributed by atoms with Crippen molar-refractivity contribution in [3.05, 3.63) is 0 Å². The summed E-state index contributed by atoms with van der Waals surface area (Å²) >= 11 is 0. The van der Waals surface area contributed by atoms with Gasteiger partial charge in [-0.2, -0.15) is 0 Å². The van der Waals surface area contributed by atoms with Gasteiger partial charge in [-0.3, -0.25) is 19.2 Å². The number of carbonyl (C=O) groups is 5. The highest BCUT2D eigenvalue weighted by Crippen LogP contribution is 2.06. The van der Waals surface area contributed by atoms with Crippen LogP contribution in [0.2, 0.25) is 0 Å². The summed E-state index contributed by atoms with van der Waals surface area (Å²) in [6.45, 7) is 5.02. The lowest BCUT2D eigenvalue weighted by Crippen LogP contribution is -2.60. The Morgan fingerprint density at radius 3 is 1.84 bits per heavy atom. The van der Waals surface area contributed by atoms with Gasteiger partial charge >= 0.3 is 11.9 Å². The van der Waals surface area contributed by atoms with E-state index in [0.717, 1.165) is 0 Å². The molecule has 10 N–H and O–H groups in total. The number of carboxylic acid groups (broad SMARTS) is 2. The summed E-state index contributed by atoms with van der Waals surface area (Å²) in [4.78, 5) is 59.5. The largest absolute Gasteiger partial charge is 0.481 e. The van der Waals surface area contributed by atoms with Crippen molar-refractivity contribution in [2.75, 3.05) is 6.54 Å². The van der Waals surface area contributed by atoms with E-state index in [1.807, 2.05) is 5.32 Å². The highest BCUT2D eigenvalue weighted by atomic mass is 16.4. The smallest absolute Gasteiger partial charge is 0.326 e. The highest BCUT2D eigenvalue weighted by molar-refractivity contribution is 5.94. The normalized spacial score (nSPS) is 15.7. The molecule has 0 aromatic rings. The molecule has 0 heterocycles. The molecule has 0 radical (unpaired) electrons. The minimum Gasteiger partial charge on any atom is -0.481 e. The second-order valence-electron chi connectivity index (χ2n) is 7.84. The first-order valence-corrected chi connectivity index (χ1v) is 10.3. The molecule has 0 rings (SSSR count). The van der Waals surface area contributed by atoms with E-state index in [0.29, 0.717) is 19.4 Å². The number of amides is 3. The van der Waals surface area contributed by atoms with Gasteiger partial charge in [0.1, 0.15) is 18.1 Å². The predicted molar refractivity (Wildman–Crippen MR) is 113 cm³/mol. The van der Waals surface area contributed by atoms with Gasteiger partial charge in [-0.1, -0.05) is 13.8 Å². The highest BCUT2D eigenvalue weighted by Gasteiger charge is 2.33. The predicted octanol–water partition coefficient (Wildman–Crippen LogP) is -2.51. The van der Waals surface area contributed by atoms with Gasteiger partial charge in [0.05, 0.1) is 18.6 Å². The van der Waals surface area contributed by atoms with Crippen molar-refractivity contribution in [2.24, 2.45) is 17.4 Å². The number of aliphatic hydroxyl groups is 1. The second kappa shape index (κ2) is 14.3. The van der Waals surface area contributed by atoms with Crippen molar-refractivity contribution in [1.82, 2.24) is 16.0 Å². The van der Waals surface area contributed by atoms with E-state index >= 15 is 0 Å². The van der Waals surface area contributed by atoms with Crippen LogP contribution in [0.1, 0.15) is 46.5 Å². The maximum absolute atomic E-state index is 12.8. The zero-order valence-corrected chi connectivity index (χ0v) is 18.5. The summed E-state index contributed by atoms with van der Waals surface area (Å²) in [5.41, 5.74) is 11.3. The van der Waals surface area contributed by atoms with Gasteiger partial charge in [-0.25, -0.2) is 4.79 Å². The molecule has 13 nitrogen and oxygen atoms in total. The molecule has 0 aliphatic heterocycles. The number of aliphatic carboxylic acids is 2. The van der Waals surface area contributed by atoms with Crippen molar-refractivity contribution in [3.63, 3.8) is 0 Å². The number of carboxylic acids is 2. The SMILES string of the molecule is CC(C)C(N)C(=O)NC(CCCCN)C(=O)NC(C(=O)NC(CC(=O)O)C(=O)O)C(C)O. The maximum Gasteiger partial charge on any atom is 0.326 e. The van der Waals surface area contributed by atoms with Crippen LogP contribution in [0.5, 0.6) is 0 Å². The Bertz CT molecular complexity index is 670. The molecule has 5 unspecified atom stereocenters. The lowest BCUT2D eigenvalue weighted by molar-refractivity contribution is -0.148. The Balaban J connectivity index is 5.44. The fourth-order valence-corrected chi connectivity index (χ4v) is 2.63. The van der Waals surface area contributed by atoms with Crippen LogP contribution in [0.4, 0.5) is 0 Å². The Morgan fingerprint density at radius 1 is 0.844 bits per heavy atom. The Morgan fingerprint density at radius 2 is 1.41 bits per heavy atom. The number of rotatable bonds is 15. The third kappa shape index (κ3) is 10.5. The summed E-state index contributed by atoms with van der Waals surface area (Å²) in [5.74, 6) is -5.70. The van der Waals surface area contributed by atoms with Crippen LogP contribution in [0.15, 0.2) is 0 Å². The Labute approximate surface area is 186 Å². The molecule has 0 bridgehead atoms. The standard InChI is InChI=1S/C19H35N5O8/c1-9(2)14(21)17(29)22-11(6-4-5-7-20)16(28)24-15(10(3)25)18(30)23-12(19(31)32)8-13(26)27/h9-12,14-15,25H,4-8,20-21H2,1-3H3,(H,22,29)(H,23,30)(H,24,28)(H,26,27)(H,31,32). The van der Waals surface area contributed by atoms with Gasteiger partial charge in [-0.15, -0.1) is 0 Å². The van der Waals surface area contributed by atoms with E-state index in [2.05, 4.69) is 10.6 Å². The fourth-order valence-electron chi connectivity index (χ4n) is 2.63. The average molecular weight is 462 g/mol. The third-order valence-corrected chi connectivity index (χ3v) is 4.66. The first-order valence-electron chi connectivity index (χ1n) is 10.3. The third-order valence-electron chi connectivity index (χ3n) is 4.66. The molecule has 0 saturated carbocycles. The van der Waals surface area contributed by atoms with E-state index in [9.17, 15) is 29.1 Å². The summed E-state index contributed by atoms with van der Waals surface area (Å²) in [6, 6.07) is -5.31. The van der Waals surface area contributed by atoms with E-state index in [-0.39, 0.29) is 12.3 Å². The number of carbonyl (C=O) groups excluding carboxylic acids is 3. The second-order valence-corrected chi connectivity index (χ2v) is 7.84. The van der Waals surface area contributed by atoms with Crippen LogP contribution in [0.25, 0.3) is 0 Å². The lowest BCUT2D eigenvalue weighted by Gasteiger charge is -2.26. The minimum absolute atomic E-state index is 0.185. The van der Waals surface area contributed by atoms with E-state index in [4.69, 9.17) is 21.7 Å². The molecule has 32 heavy (non-hydrogen) atoms. The summed E-state index contributed by atoms with van der Waals surface area (Å²) in [6.07, 6.45) is -1.10. The van der Waals surface area contributed by atoms with Crippen LogP contribution < -0.4 is 27.4 Å². The minimum atomic E-state index is -1.76. The van der Waals surface area contributed by atoms with Crippen molar-refractivity contribution in [2.45, 2.75) is 76.7 Å². The van der Waals surface area contributed by atoms with Crippen molar-refractivity contribution < 1.29 is 39.3 Å². The fraction of sp³-hybridized carbons (Fsp3) is 0.737. The van der Waals surface area contributed by atoms with Crippen molar-refractivity contribution in [1.29, 1.82) is 0 Å². The average Bonchev–Trinajstić information content (AvgIpc) is 2.68. The lowest BCUT2D eigenvalue weighted by atomic mass is 10.0. The molecular formula is C19H35N5O8. The number of hydrogen-bond acceptors (Lipinski definition) is 8. The van der Waals surface area contributed by atoms with Crippen LogP contribution in [-0.4, -0.2) is 81.8 Å². The summed E-state index contributed by atoms with van der Waals surface area (Å²) in [5, 5.41) is 34.6. The molecule has 0 aromatic heterocycles. The topological polar surface area (TPSA) is 234 Å². The van der Waals surface area contributed by atoms with Crippen LogP contribution in [0.3, 0.4) is 0 Å². The molecule has 0 aliphatic rings. The number of nitrogens with two attached hydrogens (primary N) is 2. The number of hydrogen-bond donors (Lipinski definition) is 8. The van der Waals surface area contributed by atoms with Crippen molar-refractivity contribution >= 4 is 29.7 Å². The quantitative estimate of drug-likeness (QED) is 0.119.